The molecule has 0 bridgehead atoms. The van der Waals surface area contributed by atoms with Crippen molar-refractivity contribution >= 4 is 11.8 Å². The highest BCUT2D eigenvalue weighted by Crippen LogP contribution is 2.27. The van der Waals surface area contributed by atoms with E-state index in [1.54, 1.807) is 36.4 Å². The molecule has 0 saturated carbocycles. The third kappa shape index (κ3) is 5.64. The SMILES string of the molecule is CCCCOc1cccc(C(=O)NNC(=O)c2ccc(OC)c(OC)c2)c1. The Morgan fingerprint density at radius 3 is 2.19 bits per heavy atom. The summed E-state index contributed by atoms with van der Waals surface area (Å²) in [6, 6.07) is 11.5. The van der Waals surface area contributed by atoms with Crippen LogP contribution in [-0.2, 0) is 0 Å². The van der Waals surface area contributed by atoms with E-state index in [9.17, 15) is 9.59 Å². The minimum Gasteiger partial charge on any atom is -0.494 e. The summed E-state index contributed by atoms with van der Waals surface area (Å²) in [5, 5.41) is 0. The molecule has 2 N–H and O–H groups in total. The van der Waals surface area contributed by atoms with Gasteiger partial charge in [0.1, 0.15) is 5.75 Å². The number of unbranched alkanes of at least 4 members (excludes halogenated alkanes) is 1. The second kappa shape index (κ2) is 10.1. The predicted octanol–water partition coefficient (Wildman–Crippen LogP) is 2.96. The zero-order chi connectivity index (χ0) is 19.6. The van der Waals surface area contributed by atoms with Crippen LogP contribution in [0, 0.1) is 0 Å². The highest BCUT2D eigenvalue weighted by atomic mass is 16.5. The van der Waals surface area contributed by atoms with E-state index in [0.29, 0.717) is 35.0 Å². The lowest BCUT2D eigenvalue weighted by Crippen LogP contribution is -2.41. The highest BCUT2D eigenvalue weighted by molar-refractivity contribution is 5.99. The molecule has 2 amide bonds. The Balaban J connectivity index is 1.97. The van der Waals surface area contributed by atoms with Crippen LogP contribution < -0.4 is 25.1 Å². The van der Waals surface area contributed by atoms with Crippen molar-refractivity contribution in [1.82, 2.24) is 10.9 Å². The van der Waals surface area contributed by atoms with Gasteiger partial charge >= 0.3 is 0 Å². The van der Waals surface area contributed by atoms with Crippen LogP contribution in [0.3, 0.4) is 0 Å². The van der Waals surface area contributed by atoms with Gasteiger partial charge in [-0.2, -0.15) is 0 Å². The molecule has 0 atom stereocenters. The Bertz CT molecular complexity index is 792. The van der Waals surface area contributed by atoms with Crippen LogP contribution >= 0.6 is 0 Å². The number of methoxy groups -OCH3 is 2. The van der Waals surface area contributed by atoms with Gasteiger partial charge in [-0.25, -0.2) is 0 Å². The number of carbonyl (C=O) groups is 2. The van der Waals surface area contributed by atoms with E-state index in [2.05, 4.69) is 17.8 Å². The van der Waals surface area contributed by atoms with Crippen LogP contribution in [0.2, 0.25) is 0 Å². The molecule has 0 aromatic heterocycles. The van der Waals surface area contributed by atoms with Crippen LogP contribution in [-0.4, -0.2) is 32.6 Å². The van der Waals surface area contributed by atoms with Crippen molar-refractivity contribution in [1.29, 1.82) is 0 Å². The Morgan fingerprint density at radius 2 is 1.56 bits per heavy atom. The Hall–Kier alpha value is -3.22. The average Bonchev–Trinajstić information content (AvgIpc) is 2.71. The average molecular weight is 372 g/mol. The first-order valence-electron chi connectivity index (χ1n) is 8.64. The van der Waals surface area contributed by atoms with E-state index in [0.717, 1.165) is 12.8 Å². The summed E-state index contributed by atoms with van der Waals surface area (Å²) in [5.74, 6) is 0.637. The molecule has 0 heterocycles. The van der Waals surface area contributed by atoms with Crippen molar-refractivity contribution in [3.63, 3.8) is 0 Å². The van der Waals surface area contributed by atoms with Crippen molar-refractivity contribution in [2.24, 2.45) is 0 Å². The quantitative estimate of drug-likeness (QED) is 0.550. The third-order valence-corrected chi connectivity index (χ3v) is 3.80. The molecule has 7 heteroatoms. The van der Waals surface area contributed by atoms with Gasteiger partial charge in [-0.1, -0.05) is 19.4 Å². The van der Waals surface area contributed by atoms with Gasteiger partial charge in [-0.05, 0) is 42.8 Å². The van der Waals surface area contributed by atoms with E-state index in [-0.39, 0.29) is 0 Å². The fourth-order valence-electron chi connectivity index (χ4n) is 2.30. The van der Waals surface area contributed by atoms with Gasteiger partial charge in [-0.15, -0.1) is 0 Å². The number of amides is 2. The van der Waals surface area contributed by atoms with Gasteiger partial charge in [0.05, 0.1) is 20.8 Å². The molecule has 27 heavy (non-hydrogen) atoms. The third-order valence-electron chi connectivity index (χ3n) is 3.80. The molecule has 2 aromatic rings. The number of hydrazine groups is 1. The summed E-state index contributed by atoms with van der Waals surface area (Å²) in [7, 11) is 2.99. The Labute approximate surface area is 158 Å². The van der Waals surface area contributed by atoms with Crippen LogP contribution in [0.25, 0.3) is 0 Å². The van der Waals surface area contributed by atoms with E-state index in [1.807, 2.05) is 0 Å². The first-order chi connectivity index (χ1) is 13.1. The standard InChI is InChI=1S/C20H24N2O5/c1-4-5-11-27-16-8-6-7-14(12-16)19(23)21-22-20(24)15-9-10-17(25-2)18(13-15)26-3/h6-10,12-13H,4-5,11H2,1-3H3,(H,21,23)(H,22,24). The second-order valence-electron chi connectivity index (χ2n) is 5.71. The fourth-order valence-corrected chi connectivity index (χ4v) is 2.30. The molecule has 0 aliphatic carbocycles. The lowest BCUT2D eigenvalue weighted by molar-refractivity contribution is 0.0846. The van der Waals surface area contributed by atoms with Gasteiger partial charge < -0.3 is 14.2 Å². The number of ether oxygens (including phenoxy) is 3. The summed E-state index contributed by atoms with van der Waals surface area (Å²) < 4.78 is 15.9. The van der Waals surface area contributed by atoms with Crippen LogP contribution in [0.15, 0.2) is 42.5 Å². The smallest absolute Gasteiger partial charge is 0.269 e. The summed E-state index contributed by atoms with van der Waals surface area (Å²) >= 11 is 0. The molecule has 0 spiro atoms. The molecular formula is C20H24N2O5. The lowest BCUT2D eigenvalue weighted by atomic mass is 10.2. The highest BCUT2D eigenvalue weighted by Gasteiger charge is 2.12. The zero-order valence-electron chi connectivity index (χ0n) is 15.7. The normalized spacial score (nSPS) is 10.0. The largest absolute Gasteiger partial charge is 0.494 e. The Morgan fingerprint density at radius 1 is 0.889 bits per heavy atom. The fraction of sp³-hybridized carbons (Fsp3) is 0.300. The molecule has 2 aromatic carbocycles. The van der Waals surface area contributed by atoms with E-state index in [1.165, 1.54) is 20.3 Å². The topological polar surface area (TPSA) is 85.9 Å². The number of hydrogen-bond acceptors (Lipinski definition) is 5. The van der Waals surface area contributed by atoms with Gasteiger partial charge in [0.2, 0.25) is 0 Å². The summed E-state index contributed by atoms with van der Waals surface area (Å²) in [5.41, 5.74) is 5.48. The summed E-state index contributed by atoms with van der Waals surface area (Å²) in [6.45, 7) is 2.67. The van der Waals surface area contributed by atoms with E-state index >= 15 is 0 Å². The molecule has 0 unspecified atom stereocenters. The second-order valence-corrected chi connectivity index (χ2v) is 5.71. The maximum absolute atomic E-state index is 12.3. The van der Waals surface area contributed by atoms with Crippen LogP contribution in [0.4, 0.5) is 0 Å². The van der Waals surface area contributed by atoms with E-state index in [4.69, 9.17) is 14.2 Å². The lowest BCUT2D eigenvalue weighted by Gasteiger charge is -2.11. The molecule has 0 fully saturated rings. The molecule has 0 radical (unpaired) electrons. The van der Waals surface area contributed by atoms with Gasteiger partial charge in [-0.3, -0.25) is 20.4 Å². The first-order valence-corrected chi connectivity index (χ1v) is 8.64. The summed E-state index contributed by atoms with van der Waals surface area (Å²) in [4.78, 5) is 24.5. The molecule has 0 aliphatic rings. The van der Waals surface area contributed by atoms with Crippen LogP contribution in [0.1, 0.15) is 40.5 Å². The number of nitrogens with one attached hydrogen (secondary N) is 2. The van der Waals surface area contributed by atoms with Gasteiger partial charge in [0, 0.05) is 11.1 Å². The van der Waals surface area contributed by atoms with Crippen molar-refractivity contribution in [3.8, 4) is 17.2 Å². The van der Waals surface area contributed by atoms with Crippen molar-refractivity contribution < 1.29 is 23.8 Å². The maximum Gasteiger partial charge on any atom is 0.269 e. The molecule has 0 saturated heterocycles. The predicted molar refractivity (Wildman–Crippen MR) is 101 cm³/mol. The number of benzene rings is 2. The number of rotatable bonds is 8. The van der Waals surface area contributed by atoms with E-state index < -0.39 is 11.8 Å². The summed E-state index contributed by atoms with van der Waals surface area (Å²) in [6.07, 6.45) is 1.97. The number of carbonyl (C=O) groups excluding carboxylic acids is 2. The van der Waals surface area contributed by atoms with Crippen LogP contribution in [0.5, 0.6) is 17.2 Å². The van der Waals surface area contributed by atoms with Gasteiger partial charge in [0.25, 0.3) is 11.8 Å². The minimum atomic E-state index is -0.473. The molecule has 2 rings (SSSR count). The molecule has 0 aliphatic heterocycles. The molecule has 7 nitrogen and oxygen atoms in total. The van der Waals surface area contributed by atoms with Gasteiger partial charge in [0.15, 0.2) is 11.5 Å². The van der Waals surface area contributed by atoms with Crippen molar-refractivity contribution in [2.75, 3.05) is 20.8 Å². The van der Waals surface area contributed by atoms with Crippen molar-refractivity contribution in [3.05, 3.63) is 53.6 Å². The minimum absolute atomic E-state index is 0.324. The zero-order valence-corrected chi connectivity index (χ0v) is 15.7. The maximum atomic E-state index is 12.3. The first kappa shape index (κ1) is 20.1. The molecular weight excluding hydrogens is 348 g/mol. The molecule has 144 valence electrons. The monoisotopic (exact) mass is 372 g/mol. The Kier molecular flexibility index (Phi) is 7.49. The number of hydrogen-bond donors (Lipinski definition) is 2. The van der Waals surface area contributed by atoms with Crippen molar-refractivity contribution in [2.45, 2.75) is 19.8 Å².